The van der Waals surface area contributed by atoms with Crippen LogP contribution in [0.2, 0.25) is 0 Å². The van der Waals surface area contributed by atoms with Crippen molar-refractivity contribution in [1.82, 2.24) is 15.0 Å². The number of aryl methyl sites for hydroxylation is 1. The van der Waals surface area contributed by atoms with Crippen LogP contribution in [0.25, 0.3) is 0 Å². The molecule has 1 aromatic heterocycles. The average Bonchev–Trinajstić information content (AvgIpc) is 1.99. The van der Waals surface area contributed by atoms with Crippen molar-refractivity contribution in [2.24, 2.45) is 5.73 Å². The van der Waals surface area contributed by atoms with E-state index in [0.29, 0.717) is 25.2 Å². The molecule has 1 rings (SSSR count). The summed E-state index contributed by atoms with van der Waals surface area (Å²) in [6.07, 6.45) is 1.22. The molecular weight excluding hydrogens is 160 g/mol. The molecule has 0 atom stereocenters. The molecule has 0 aromatic carbocycles. The summed E-state index contributed by atoms with van der Waals surface area (Å²) in [6.45, 7) is 0.510. The van der Waals surface area contributed by atoms with Gasteiger partial charge in [-0.2, -0.15) is 4.98 Å². The van der Waals surface area contributed by atoms with E-state index in [1.54, 1.807) is 0 Å². The van der Waals surface area contributed by atoms with Gasteiger partial charge in [0.15, 0.2) is 0 Å². The van der Waals surface area contributed by atoms with Gasteiger partial charge in [-0.15, -0.1) is 0 Å². The summed E-state index contributed by atoms with van der Waals surface area (Å²) in [5, 5.41) is 0. The molecule has 0 amide bonds. The minimum absolute atomic E-state index is 0.384. The molecule has 0 aliphatic rings. The van der Waals surface area contributed by atoms with E-state index in [-0.39, 0.29) is 0 Å². The number of aromatic nitrogens is 3. The molecule has 0 bridgehead atoms. The second-order valence-corrected chi connectivity index (χ2v) is 2.34. The van der Waals surface area contributed by atoms with Crippen LogP contribution in [-0.2, 0) is 6.42 Å². The van der Waals surface area contributed by atoms with Crippen molar-refractivity contribution in [3.8, 4) is 0 Å². The van der Waals surface area contributed by atoms with Gasteiger partial charge in [-0.1, -0.05) is 0 Å². The summed E-state index contributed by atoms with van der Waals surface area (Å²) in [4.78, 5) is 29.3. The van der Waals surface area contributed by atoms with E-state index in [0.717, 1.165) is 0 Å². The fourth-order valence-electron chi connectivity index (χ4n) is 0.826. The number of aromatic amines is 2. The Morgan fingerprint density at radius 1 is 1.33 bits per heavy atom. The van der Waals surface area contributed by atoms with Gasteiger partial charge < -0.3 is 5.73 Å². The van der Waals surface area contributed by atoms with Crippen molar-refractivity contribution in [2.45, 2.75) is 12.8 Å². The Hall–Kier alpha value is -1.43. The first-order chi connectivity index (χ1) is 5.72. The summed E-state index contributed by atoms with van der Waals surface area (Å²) < 4.78 is 0. The largest absolute Gasteiger partial charge is 0.350 e. The Morgan fingerprint density at radius 3 is 2.67 bits per heavy atom. The summed E-state index contributed by atoms with van der Waals surface area (Å²) in [5.41, 5.74) is 4.10. The van der Waals surface area contributed by atoms with E-state index >= 15 is 0 Å². The zero-order valence-electron chi connectivity index (χ0n) is 6.46. The molecule has 6 nitrogen and oxygen atoms in total. The molecule has 0 radical (unpaired) electrons. The van der Waals surface area contributed by atoms with Crippen molar-refractivity contribution in [1.29, 1.82) is 0 Å². The number of nitrogens with one attached hydrogen (secondary N) is 2. The highest BCUT2D eigenvalue weighted by atomic mass is 16.2. The van der Waals surface area contributed by atoms with Gasteiger partial charge in [0.05, 0.1) is 0 Å². The Kier molecular flexibility index (Phi) is 2.76. The minimum atomic E-state index is -0.620. The highest BCUT2D eigenvalue weighted by molar-refractivity contribution is 4.82. The Balaban J connectivity index is 2.86. The lowest BCUT2D eigenvalue weighted by Gasteiger charge is -1.95. The van der Waals surface area contributed by atoms with E-state index in [1.165, 1.54) is 0 Å². The van der Waals surface area contributed by atoms with Gasteiger partial charge in [0, 0.05) is 6.42 Å². The van der Waals surface area contributed by atoms with E-state index < -0.39 is 11.4 Å². The summed E-state index contributed by atoms with van der Waals surface area (Å²) in [6, 6.07) is 0. The fourth-order valence-corrected chi connectivity index (χ4v) is 0.826. The minimum Gasteiger partial charge on any atom is -0.330 e. The van der Waals surface area contributed by atoms with E-state index in [4.69, 9.17) is 5.73 Å². The first kappa shape index (κ1) is 8.66. The molecule has 1 aromatic rings. The van der Waals surface area contributed by atoms with Gasteiger partial charge in [-0.3, -0.25) is 9.97 Å². The van der Waals surface area contributed by atoms with E-state index in [1.807, 2.05) is 4.98 Å². The topological polar surface area (TPSA) is 105 Å². The third-order valence-electron chi connectivity index (χ3n) is 1.33. The Morgan fingerprint density at radius 2 is 2.08 bits per heavy atom. The van der Waals surface area contributed by atoms with Crippen LogP contribution in [-0.4, -0.2) is 21.5 Å². The maximum Gasteiger partial charge on any atom is 0.350 e. The first-order valence-electron chi connectivity index (χ1n) is 3.62. The van der Waals surface area contributed by atoms with Crippen molar-refractivity contribution < 1.29 is 0 Å². The number of nitrogens with two attached hydrogens (primary N) is 1. The highest BCUT2D eigenvalue weighted by Gasteiger charge is 1.96. The predicted molar refractivity (Wildman–Crippen MR) is 42.9 cm³/mol. The average molecular weight is 170 g/mol. The third kappa shape index (κ3) is 2.31. The molecule has 0 saturated heterocycles. The first-order valence-corrected chi connectivity index (χ1v) is 3.62. The third-order valence-corrected chi connectivity index (χ3v) is 1.33. The van der Waals surface area contributed by atoms with E-state index in [9.17, 15) is 9.59 Å². The van der Waals surface area contributed by atoms with Crippen molar-refractivity contribution in [2.75, 3.05) is 6.54 Å². The molecule has 6 heteroatoms. The van der Waals surface area contributed by atoms with Crippen LogP contribution in [0.4, 0.5) is 0 Å². The lowest BCUT2D eigenvalue weighted by Crippen LogP contribution is -2.27. The number of hydrogen-bond acceptors (Lipinski definition) is 4. The number of nitrogens with zero attached hydrogens (tertiary/aromatic N) is 1. The molecule has 0 saturated carbocycles. The van der Waals surface area contributed by atoms with Crippen LogP contribution in [0.5, 0.6) is 0 Å². The SMILES string of the molecule is NCCCc1nc(=O)[nH]c(=O)[nH]1. The number of hydrogen-bond donors (Lipinski definition) is 3. The molecule has 0 spiro atoms. The zero-order valence-corrected chi connectivity index (χ0v) is 6.46. The molecule has 0 aliphatic carbocycles. The maximum absolute atomic E-state index is 10.7. The van der Waals surface area contributed by atoms with Gasteiger partial charge in [0.25, 0.3) is 0 Å². The van der Waals surface area contributed by atoms with E-state index in [2.05, 4.69) is 9.97 Å². The summed E-state index contributed by atoms with van der Waals surface area (Å²) >= 11 is 0. The predicted octanol–water partition coefficient (Wildman–Crippen LogP) is -1.65. The lowest BCUT2D eigenvalue weighted by molar-refractivity contribution is 0.748. The quantitative estimate of drug-likeness (QED) is 0.505. The maximum atomic E-state index is 10.7. The summed E-state index contributed by atoms with van der Waals surface area (Å²) in [7, 11) is 0. The van der Waals surface area contributed by atoms with Crippen LogP contribution >= 0.6 is 0 Å². The molecule has 0 aliphatic heterocycles. The van der Waals surface area contributed by atoms with Gasteiger partial charge in [-0.05, 0) is 13.0 Å². The van der Waals surface area contributed by atoms with Crippen molar-refractivity contribution in [3.63, 3.8) is 0 Å². The Labute approximate surface area is 67.8 Å². The molecule has 4 N–H and O–H groups in total. The fraction of sp³-hybridized carbons (Fsp3) is 0.500. The lowest BCUT2D eigenvalue weighted by atomic mass is 10.3. The monoisotopic (exact) mass is 170 g/mol. The van der Waals surface area contributed by atoms with Crippen LogP contribution in [0.15, 0.2) is 9.59 Å². The van der Waals surface area contributed by atoms with Crippen molar-refractivity contribution in [3.05, 3.63) is 26.8 Å². The molecule has 0 fully saturated rings. The summed E-state index contributed by atoms with van der Waals surface area (Å²) in [5.74, 6) is 0.384. The van der Waals surface area contributed by atoms with Crippen LogP contribution in [0.3, 0.4) is 0 Å². The van der Waals surface area contributed by atoms with Crippen LogP contribution in [0.1, 0.15) is 12.2 Å². The molecular formula is C6H10N4O2. The van der Waals surface area contributed by atoms with Gasteiger partial charge in [0.1, 0.15) is 5.82 Å². The van der Waals surface area contributed by atoms with Gasteiger partial charge in [-0.25, -0.2) is 9.59 Å². The Bertz CT molecular complexity index is 325. The second-order valence-electron chi connectivity index (χ2n) is 2.34. The second kappa shape index (κ2) is 3.82. The molecule has 1 heterocycles. The normalized spacial score (nSPS) is 10.1. The van der Waals surface area contributed by atoms with Crippen LogP contribution in [0, 0.1) is 0 Å². The highest BCUT2D eigenvalue weighted by Crippen LogP contribution is 1.86. The molecule has 12 heavy (non-hydrogen) atoms. The number of rotatable bonds is 3. The standard InChI is InChI=1S/C6H10N4O2/c7-3-1-2-4-8-5(11)10-6(12)9-4/h1-3,7H2,(H2,8,9,10,11,12). The zero-order chi connectivity index (χ0) is 8.97. The molecule has 0 unspecified atom stereocenters. The van der Waals surface area contributed by atoms with Gasteiger partial charge >= 0.3 is 11.4 Å². The number of H-pyrrole nitrogens is 2. The van der Waals surface area contributed by atoms with Crippen molar-refractivity contribution >= 4 is 0 Å². The molecule has 66 valence electrons. The smallest absolute Gasteiger partial charge is 0.330 e. The van der Waals surface area contributed by atoms with Crippen LogP contribution < -0.4 is 17.1 Å². The van der Waals surface area contributed by atoms with Gasteiger partial charge in [0.2, 0.25) is 0 Å².